The number of nitrogens with one attached hydrogen (secondary N) is 1. The fourth-order valence-corrected chi connectivity index (χ4v) is 4.18. The summed E-state index contributed by atoms with van der Waals surface area (Å²) < 4.78 is 11.2. The minimum Gasteiger partial charge on any atom is -0.449 e. The molecular weight excluding hydrogens is 392 g/mol. The average molecular weight is 425 g/mol. The van der Waals surface area contributed by atoms with Crippen molar-refractivity contribution in [2.75, 3.05) is 18.4 Å². The van der Waals surface area contributed by atoms with E-state index in [9.17, 15) is 14.4 Å². The Morgan fingerprint density at radius 3 is 2.24 bits per heavy atom. The molecule has 8 heteroatoms. The third kappa shape index (κ3) is 5.57. The van der Waals surface area contributed by atoms with E-state index in [0.29, 0.717) is 23.7 Å². The van der Waals surface area contributed by atoms with E-state index in [4.69, 9.17) is 9.47 Å². The first-order valence-electron chi connectivity index (χ1n) is 9.88. The first-order chi connectivity index (χ1) is 13.3. The summed E-state index contributed by atoms with van der Waals surface area (Å²) in [5.41, 5.74) is 0.464. The summed E-state index contributed by atoms with van der Waals surface area (Å²) >= 11 is 1.33. The predicted molar refractivity (Wildman–Crippen MR) is 113 cm³/mol. The smallest absolute Gasteiger partial charge is 0.342 e. The molecule has 0 radical (unpaired) electrons. The molecule has 0 spiro atoms. The number of hydrogen-bond acceptors (Lipinski definition) is 6. The zero-order chi connectivity index (χ0) is 22.1. The summed E-state index contributed by atoms with van der Waals surface area (Å²) in [4.78, 5) is 40.6. The van der Waals surface area contributed by atoms with Crippen LogP contribution in [0, 0.1) is 19.3 Å². The van der Waals surface area contributed by atoms with E-state index in [2.05, 4.69) is 5.32 Å². The van der Waals surface area contributed by atoms with Crippen molar-refractivity contribution in [2.24, 2.45) is 5.41 Å². The van der Waals surface area contributed by atoms with Crippen molar-refractivity contribution in [3.05, 3.63) is 16.0 Å². The number of hydrogen-bond donors (Lipinski definition) is 1. The number of anilines is 1. The molecule has 29 heavy (non-hydrogen) atoms. The Labute approximate surface area is 176 Å². The number of ether oxygens (including phenoxy) is 2. The van der Waals surface area contributed by atoms with Crippen LogP contribution in [0.25, 0.3) is 0 Å². The Bertz CT molecular complexity index is 786. The number of nitrogens with zero attached hydrogens (tertiary/aromatic N) is 1. The molecule has 3 atom stereocenters. The summed E-state index contributed by atoms with van der Waals surface area (Å²) in [5.74, 6) is -1.04. The van der Waals surface area contributed by atoms with E-state index < -0.39 is 17.5 Å². The zero-order valence-electron chi connectivity index (χ0n) is 18.5. The maximum absolute atomic E-state index is 12.9. The number of carbonyl (C=O) groups is 3. The van der Waals surface area contributed by atoms with Gasteiger partial charge in [-0.2, -0.15) is 0 Å². The normalized spacial score (nSPS) is 20.9. The monoisotopic (exact) mass is 424 g/mol. The zero-order valence-corrected chi connectivity index (χ0v) is 19.4. The molecule has 0 bridgehead atoms. The number of carbonyl (C=O) groups excluding carboxylic acids is 3. The number of amides is 2. The molecule has 2 heterocycles. The summed E-state index contributed by atoms with van der Waals surface area (Å²) in [6.45, 7) is 15.4. The summed E-state index contributed by atoms with van der Waals surface area (Å²) in [6, 6.07) is 0. The lowest BCUT2D eigenvalue weighted by atomic mass is 9.96. The van der Waals surface area contributed by atoms with Gasteiger partial charge in [0.2, 0.25) is 5.91 Å². The van der Waals surface area contributed by atoms with E-state index in [1.54, 1.807) is 32.6 Å². The summed E-state index contributed by atoms with van der Waals surface area (Å²) in [5, 5.41) is 3.29. The van der Waals surface area contributed by atoms with E-state index >= 15 is 0 Å². The van der Waals surface area contributed by atoms with Crippen molar-refractivity contribution in [1.29, 1.82) is 0 Å². The highest BCUT2D eigenvalue weighted by Gasteiger charge is 2.32. The first kappa shape index (κ1) is 23.3. The van der Waals surface area contributed by atoms with Gasteiger partial charge in [0.25, 0.3) is 5.91 Å². The predicted octanol–water partition coefficient (Wildman–Crippen LogP) is 3.53. The number of thiophene rings is 1. The molecule has 1 aromatic rings. The number of rotatable bonds is 4. The van der Waals surface area contributed by atoms with Crippen LogP contribution in [0.3, 0.4) is 0 Å². The van der Waals surface area contributed by atoms with E-state index in [-0.39, 0.29) is 24.0 Å². The Hall–Kier alpha value is -1.93. The van der Waals surface area contributed by atoms with Crippen LogP contribution in [0.2, 0.25) is 0 Å². The van der Waals surface area contributed by atoms with E-state index in [1.165, 1.54) is 11.3 Å². The standard InChI is InChI=1S/C21H32N2O5S/c1-11-9-23(10-12(2)27-11)18(24)14(4)28-19(25)16-13(3)15(5)29-17(16)22-20(26)21(6,7)8/h11-12,14H,9-10H2,1-8H3,(H,22,26). The van der Waals surface area contributed by atoms with Crippen molar-refractivity contribution < 1.29 is 23.9 Å². The number of aryl methyl sites for hydroxylation is 1. The molecule has 0 aliphatic carbocycles. The molecule has 0 aromatic carbocycles. The van der Waals surface area contributed by atoms with Crippen LogP contribution in [0.15, 0.2) is 0 Å². The van der Waals surface area contributed by atoms with Crippen molar-refractivity contribution in [3.63, 3.8) is 0 Å². The molecule has 7 nitrogen and oxygen atoms in total. The minimum atomic E-state index is -0.925. The lowest BCUT2D eigenvalue weighted by molar-refractivity contribution is -0.151. The molecule has 2 rings (SSSR count). The lowest BCUT2D eigenvalue weighted by Crippen LogP contribution is -2.51. The highest BCUT2D eigenvalue weighted by molar-refractivity contribution is 7.16. The van der Waals surface area contributed by atoms with Gasteiger partial charge in [-0.15, -0.1) is 11.3 Å². The molecule has 0 saturated carbocycles. The fraction of sp³-hybridized carbons (Fsp3) is 0.667. The lowest BCUT2D eigenvalue weighted by Gasteiger charge is -2.36. The maximum atomic E-state index is 12.9. The number of esters is 1. The van der Waals surface area contributed by atoms with Gasteiger partial charge in [0.15, 0.2) is 6.10 Å². The molecule has 3 unspecified atom stereocenters. The molecule has 1 aromatic heterocycles. The Kier molecular flexibility index (Phi) is 7.11. The van der Waals surface area contributed by atoms with Crippen LogP contribution in [0.4, 0.5) is 5.00 Å². The Morgan fingerprint density at radius 2 is 1.72 bits per heavy atom. The van der Waals surface area contributed by atoms with Crippen LogP contribution in [-0.4, -0.2) is 54.1 Å². The van der Waals surface area contributed by atoms with Crippen LogP contribution in [0.5, 0.6) is 0 Å². The highest BCUT2D eigenvalue weighted by Crippen LogP contribution is 2.34. The second-order valence-electron chi connectivity index (χ2n) is 8.74. The van der Waals surface area contributed by atoms with Crippen LogP contribution >= 0.6 is 11.3 Å². The van der Waals surface area contributed by atoms with Crippen LogP contribution in [0.1, 0.15) is 62.3 Å². The molecule has 162 valence electrons. The summed E-state index contributed by atoms with van der Waals surface area (Å²) in [6.07, 6.45) is -1.05. The third-order valence-electron chi connectivity index (χ3n) is 4.86. The topological polar surface area (TPSA) is 84.9 Å². The molecule has 1 N–H and O–H groups in total. The molecule has 2 amide bonds. The largest absolute Gasteiger partial charge is 0.449 e. The van der Waals surface area contributed by atoms with Gasteiger partial charge in [-0.05, 0) is 40.2 Å². The van der Waals surface area contributed by atoms with Crippen molar-refractivity contribution in [1.82, 2.24) is 4.90 Å². The molecule has 1 aliphatic rings. The molecular formula is C21H32N2O5S. The average Bonchev–Trinajstić information content (AvgIpc) is 2.86. The van der Waals surface area contributed by atoms with Gasteiger partial charge >= 0.3 is 5.97 Å². The van der Waals surface area contributed by atoms with Gasteiger partial charge < -0.3 is 19.7 Å². The molecule has 1 saturated heterocycles. The quantitative estimate of drug-likeness (QED) is 0.748. The molecule has 1 aliphatic heterocycles. The second-order valence-corrected chi connectivity index (χ2v) is 9.96. The summed E-state index contributed by atoms with van der Waals surface area (Å²) in [7, 11) is 0. The van der Waals surface area contributed by atoms with Crippen molar-refractivity contribution >= 4 is 34.1 Å². The second kappa shape index (κ2) is 8.83. The first-order valence-corrected chi connectivity index (χ1v) is 10.7. The number of morpholine rings is 1. The van der Waals surface area contributed by atoms with Gasteiger partial charge in [0.05, 0.1) is 17.8 Å². The fourth-order valence-electron chi connectivity index (χ4n) is 3.14. The third-order valence-corrected chi connectivity index (χ3v) is 5.98. The molecule has 1 fully saturated rings. The van der Waals surface area contributed by atoms with Gasteiger partial charge in [-0.3, -0.25) is 9.59 Å². The van der Waals surface area contributed by atoms with Gasteiger partial charge in [-0.1, -0.05) is 20.8 Å². The van der Waals surface area contributed by atoms with E-state index in [1.807, 2.05) is 27.7 Å². The van der Waals surface area contributed by atoms with Gasteiger partial charge in [-0.25, -0.2) is 4.79 Å². The van der Waals surface area contributed by atoms with Gasteiger partial charge in [0, 0.05) is 23.4 Å². The van der Waals surface area contributed by atoms with Crippen LogP contribution in [-0.2, 0) is 19.1 Å². The minimum absolute atomic E-state index is 0.0633. The highest BCUT2D eigenvalue weighted by atomic mass is 32.1. The Morgan fingerprint density at radius 1 is 1.17 bits per heavy atom. The van der Waals surface area contributed by atoms with Crippen LogP contribution < -0.4 is 5.32 Å². The van der Waals surface area contributed by atoms with Gasteiger partial charge in [0.1, 0.15) is 5.00 Å². The SMILES string of the molecule is Cc1sc(NC(=O)C(C)(C)C)c(C(=O)OC(C)C(=O)N2CC(C)OC(C)C2)c1C. The van der Waals surface area contributed by atoms with Crippen molar-refractivity contribution in [3.8, 4) is 0 Å². The Balaban J connectivity index is 2.15. The van der Waals surface area contributed by atoms with Crippen molar-refractivity contribution in [2.45, 2.75) is 73.7 Å². The van der Waals surface area contributed by atoms with E-state index in [0.717, 1.165) is 10.4 Å². The maximum Gasteiger partial charge on any atom is 0.342 e.